The lowest BCUT2D eigenvalue weighted by molar-refractivity contribution is -0.123. The predicted molar refractivity (Wildman–Crippen MR) is 109 cm³/mol. The van der Waals surface area contributed by atoms with Gasteiger partial charge in [0.2, 0.25) is 5.91 Å². The molecule has 2 aromatic heterocycles. The molecule has 8 nitrogen and oxygen atoms in total. The fourth-order valence-electron chi connectivity index (χ4n) is 3.37. The summed E-state index contributed by atoms with van der Waals surface area (Å²) in [4.78, 5) is 20.7. The molecule has 1 unspecified atom stereocenters. The maximum atomic E-state index is 12.8. The zero-order valence-electron chi connectivity index (χ0n) is 16.0. The van der Waals surface area contributed by atoms with Gasteiger partial charge in [0.1, 0.15) is 12.2 Å². The molecule has 29 heavy (non-hydrogen) atoms. The second-order valence-corrected chi connectivity index (χ2v) is 6.91. The van der Waals surface area contributed by atoms with Gasteiger partial charge in [-0.25, -0.2) is 9.67 Å². The summed E-state index contributed by atoms with van der Waals surface area (Å²) in [5, 5.41) is 14.2. The third-order valence-corrected chi connectivity index (χ3v) is 4.82. The van der Waals surface area contributed by atoms with Crippen LogP contribution in [-0.4, -0.2) is 42.6 Å². The monoisotopic (exact) mass is 389 g/mol. The largest absolute Gasteiger partial charge is 0.354 e. The zero-order chi connectivity index (χ0) is 19.9. The molecule has 0 aliphatic heterocycles. The lowest BCUT2D eigenvalue weighted by atomic mass is 10.1. The highest BCUT2D eigenvalue weighted by molar-refractivity contribution is 5.83. The van der Waals surface area contributed by atoms with Gasteiger partial charge in [0.25, 0.3) is 0 Å². The molecule has 2 aromatic carbocycles. The van der Waals surface area contributed by atoms with Crippen LogP contribution in [0.25, 0.3) is 11.0 Å². The summed E-state index contributed by atoms with van der Waals surface area (Å²) < 4.78 is 1.48. The minimum Gasteiger partial charge on any atom is -0.354 e. The van der Waals surface area contributed by atoms with Crippen molar-refractivity contribution in [3.63, 3.8) is 0 Å². The standard InChI is InChI=1S/C21H23N7O/c29-21(20(28-15-23-26-27-28)16-9-3-1-4-10-16)22-14-8-2-5-13-19-24-17-11-6-7-12-18(17)25-19/h1,3-4,6-7,9-12,15,20H,2,5,8,13-14H2,(H,22,29)(H,24,25). The average Bonchev–Trinajstić information content (AvgIpc) is 3.41. The Balaban J connectivity index is 1.24. The number of nitrogens with one attached hydrogen (secondary N) is 2. The normalized spacial score (nSPS) is 12.1. The topological polar surface area (TPSA) is 101 Å². The van der Waals surface area contributed by atoms with E-state index in [2.05, 4.69) is 30.8 Å². The van der Waals surface area contributed by atoms with Gasteiger partial charge in [0.15, 0.2) is 6.04 Å². The smallest absolute Gasteiger partial charge is 0.249 e. The molecule has 0 radical (unpaired) electrons. The number of carbonyl (C=O) groups is 1. The van der Waals surface area contributed by atoms with Crippen molar-refractivity contribution in [2.24, 2.45) is 0 Å². The van der Waals surface area contributed by atoms with Gasteiger partial charge in [-0.3, -0.25) is 4.79 Å². The minimum atomic E-state index is -0.568. The highest BCUT2D eigenvalue weighted by Crippen LogP contribution is 2.17. The van der Waals surface area contributed by atoms with Crippen LogP contribution in [0.4, 0.5) is 0 Å². The molecule has 0 fully saturated rings. The van der Waals surface area contributed by atoms with E-state index in [4.69, 9.17) is 0 Å². The van der Waals surface area contributed by atoms with Crippen LogP contribution in [0.15, 0.2) is 60.9 Å². The molecule has 8 heteroatoms. The van der Waals surface area contributed by atoms with Gasteiger partial charge in [0, 0.05) is 13.0 Å². The summed E-state index contributed by atoms with van der Waals surface area (Å²) >= 11 is 0. The van der Waals surface area contributed by atoms with Crippen molar-refractivity contribution >= 4 is 16.9 Å². The van der Waals surface area contributed by atoms with Crippen LogP contribution in [0.3, 0.4) is 0 Å². The maximum absolute atomic E-state index is 12.8. The van der Waals surface area contributed by atoms with Gasteiger partial charge in [-0.1, -0.05) is 48.9 Å². The molecule has 0 aliphatic rings. The number of benzene rings is 2. The molecule has 2 N–H and O–H groups in total. The molecular formula is C21H23N7O. The number of rotatable bonds is 9. The summed E-state index contributed by atoms with van der Waals surface area (Å²) in [7, 11) is 0. The molecule has 0 bridgehead atoms. The van der Waals surface area contributed by atoms with Crippen LogP contribution in [0, 0.1) is 0 Å². The van der Waals surface area contributed by atoms with E-state index in [1.54, 1.807) is 0 Å². The van der Waals surface area contributed by atoms with Gasteiger partial charge in [-0.05, 0) is 41.0 Å². The molecule has 2 heterocycles. The number of H-pyrrole nitrogens is 1. The van der Waals surface area contributed by atoms with Gasteiger partial charge < -0.3 is 10.3 Å². The summed E-state index contributed by atoms with van der Waals surface area (Å²) in [6.07, 6.45) is 5.30. The average molecular weight is 389 g/mol. The molecule has 1 atom stereocenters. The first-order chi connectivity index (χ1) is 14.3. The fraction of sp³-hybridized carbons (Fsp3) is 0.286. The number of aromatic amines is 1. The van der Waals surface area contributed by atoms with Crippen LogP contribution in [0.2, 0.25) is 0 Å². The number of amides is 1. The number of tetrazole rings is 1. The van der Waals surface area contributed by atoms with E-state index in [0.717, 1.165) is 48.1 Å². The second-order valence-electron chi connectivity index (χ2n) is 6.91. The van der Waals surface area contributed by atoms with Crippen molar-refractivity contribution in [1.82, 2.24) is 35.5 Å². The number of carbonyl (C=O) groups excluding carboxylic acids is 1. The Labute approximate surface area is 168 Å². The molecule has 0 aliphatic carbocycles. The van der Waals surface area contributed by atoms with E-state index in [1.165, 1.54) is 11.0 Å². The van der Waals surface area contributed by atoms with Crippen molar-refractivity contribution in [1.29, 1.82) is 0 Å². The Morgan fingerprint density at radius 2 is 1.86 bits per heavy atom. The lowest BCUT2D eigenvalue weighted by Crippen LogP contribution is -2.34. The number of hydrogen-bond acceptors (Lipinski definition) is 5. The van der Waals surface area contributed by atoms with Gasteiger partial charge >= 0.3 is 0 Å². The highest BCUT2D eigenvalue weighted by atomic mass is 16.2. The van der Waals surface area contributed by atoms with E-state index < -0.39 is 6.04 Å². The van der Waals surface area contributed by atoms with Crippen molar-refractivity contribution < 1.29 is 4.79 Å². The van der Waals surface area contributed by atoms with Gasteiger partial charge in [-0.15, -0.1) is 5.10 Å². The van der Waals surface area contributed by atoms with Gasteiger partial charge in [-0.2, -0.15) is 0 Å². The number of fused-ring (bicyclic) bond motifs is 1. The van der Waals surface area contributed by atoms with E-state index in [0.29, 0.717) is 6.54 Å². The molecule has 0 saturated heterocycles. The first kappa shape index (κ1) is 18.8. The molecule has 4 rings (SSSR count). The quantitative estimate of drug-likeness (QED) is 0.429. The summed E-state index contributed by atoms with van der Waals surface area (Å²) in [6, 6.07) is 17.0. The van der Waals surface area contributed by atoms with Crippen LogP contribution >= 0.6 is 0 Å². The van der Waals surface area contributed by atoms with E-state index >= 15 is 0 Å². The summed E-state index contributed by atoms with van der Waals surface area (Å²) in [5.41, 5.74) is 2.93. The van der Waals surface area contributed by atoms with Crippen LogP contribution < -0.4 is 5.32 Å². The highest BCUT2D eigenvalue weighted by Gasteiger charge is 2.23. The maximum Gasteiger partial charge on any atom is 0.249 e. The molecule has 4 aromatic rings. The number of aryl methyl sites for hydroxylation is 1. The third-order valence-electron chi connectivity index (χ3n) is 4.82. The van der Waals surface area contributed by atoms with Gasteiger partial charge in [0.05, 0.1) is 11.0 Å². The Kier molecular flexibility index (Phi) is 5.89. The number of hydrogen-bond donors (Lipinski definition) is 2. The SMILES string of the molecule is O=C(NCCCCCc1nc2ccccc2[nH]1)C(c1ccccc1)n1cnnn1. The number of unbranched alkanes of at least 4 members (excludes halogenated alkanes) is 2. The summed E-state index contributed by atoms with van der Waals surface area (Å²) in [5.74, 6) is 0.902. The Morgan fingerprint density at radius 3 is 2.66 bits per heavy atom. The van der Waals surface area contributed by atoms with E-state index in [9.17, 15) is 4.79 Å². The Bertz CT molecular complexity index is 1010. The Hall–Kier alpha value is -3.55. The molecular weight excluding hydrogens is 366 g/mol. The molecule has 0 saturated carbocycles. The van der Waals surface area contributed by atoms with Crippen molar-refractivity contribution in [3.05, 3.63) is 72.3 Å². The third kappa shape index (κ3) is 4.66. The van der Waals surface area contributed by atoms with E-state index in [-0.39, 0.29) is 5.91 Å². The molecule has 0 spiro atoms. The number of aromatic nitrogens is 6. The molecule has 1 amide bonds. The predicted octanol–water partition coefficient (Wildman–Crippen LogP) is 2.67. The van der Waals surface area contributed by atoms with Crippen LogP contribution in [-0.2, 0) is 11.2 Å². The minimum absolute atomic E-state index is 0.110. The number of imidazole rings is 1. The van der Waals surface area contributed by atoms with Crippen molar-refractivity contribution in [3.8, 4) is 0 Å². The van der Waals surface area contributed by atoms with Crippen molar-refractivity contribution in [2.75, 3.05) is 6.54 Å². The second kappa shape index (κ2) is 9.09. The molecule has 148 valence electrons. The number of para-hydroxylation sites is 2. The summed E-state index contributed by atoms with van der Waals surface area (Å²) in [6.45, 7) is 0.615. The lowest BCUT2D eigenvalue weighted by Gasteiger charge is -2.16. The number of nitrogens with zero attached hydrogens (tertiary/aromatic N) is 5. The van der Waals surface area contributed by atoms with Crippen LogP contribution in [0.5, 0.6) is 0 Å². The first-order valence-corrected chi connectivity index (χ1v) is 9.80. The first-order valence-electron chi connectivity index (χ1n) is 9.80. The van der Waals surface area contributed by atoms with Crippen LogP contribution in [0.1, 0.15) is 36.7 Å². The Morgan fingerprint density at radius 1 is 1.03 bits per heavy atom. The zero-order valence-corrected chi connectivity index (χ0v) is 16.0. The van der Waals surface area contributed by atoms with E-state index in [1.807, 2.05) is 54.6 Å². The fourth-order valence-corrected chi connectivity index (χ4v) is 3.37. The van der Waals surface area contributed by atoms with Crippen molar-refractivity contribution in [2.45, 2.75) is 31.7 Å².